The van der Waals surface area contributed by atoms with E-state index in [-0.39, 0.29) is 11.9 Å². The molecule has 1 fully saturated rings. The molecule has 1 aliphatic heterocycles. The van der Waals surface area contributed by atoms with Crippen molar-refractivity contribution < 1.29 is 13.9 Å². The summed E-state index contributed by atoms with van der Waals surface area (Å²) in [7, 11) is 0. The fourth-order valence-electron chi connectivity index (χ4n) is 3.32. The van der Waals surface area contributed by atoms with Crippen LogP contribution in [-0.4, -0.2) is 36.5 Å². The number of furan rings is 1. The summed E-state index contributed by atoms with van der Waals surface area (Å²) in [4.78, 5) is 13.6. The van der Waals surface area contributed by atoms with Crippen molar-refractivity contribution in [3.63, 3.8) is 0 Å². The number of carbonyl (C=O) groups is 1. The summed E-state index contributed by atoms with van der Waals surface area (Å²) in [5.74, 6) is 2.74. The van der Waals surface area contributed by atoms with Gasteiger partial charge in [-0.25, -0.2) is 0 Å². The highest BCUT2D eigenvalue weighted by molar-refractivity contribution is 5.73. The largest absolute Gasteiger partial charge is 0.494 e. The average Bonchev–Trinajstić information content (AvgIpc) is 3.04. The lowest BCUT2D eigenvalue weighted by molar-refractivity contribution is -0.120. The Morgan fingerprint density at radius 1 is 1.28 bits per heavy atom. The monoisotopic (exact) mass is 342 g/mol. The van der Waals surface area contributed by atoms with Crippen molar-refractivity contribution in [3.8, 4) is 17.1 Å². The molecule has 3 rings (SSSR count). The van der Waals surface area contributed by atoms with Crippen LogP contribution < -0.4 is 10.1 Å². The lowest BCUT2D eigenvalue weighted by Crippen LogP contribution is -2.46. The molecule has 1 aliphatic rings. The molecule has 5 nitrogen and oxygen atoms in total. The van der Waals surface area contributed by atoms with Gasteiger partial charge in [-0.05, 0) is 62.7 Å². The second-order valence-corrected chi connectivity index (χ2v) is 6.50. The molecule has 1 aromatic heterocycles. The highest BCUT2D eigenvalue weighted by atomic mass is 16.5. The molecule has 1 N–H and O–H groups in total. The molecule has 1 atom stereocenters. The molecule has 0 unspecified atom stereocenters. The van der Waals surface area contributed by atoms with Crippen LogP contribution in [0.2, 0.25) is 0 Å². The predicted molar refractivity (Wildman–Crippen MR) is 97.4 cm³/mol. The van der Waals surface area contributed by atoms with Gasteiger partial charge < -0.3 is 14.5 Å². The number of rotatable bonds is 6. The zero-order valence-corrected chi connectivity index (χ0v) is 15.0. The fraction of sp³-hybridized carbons (Fsp3) is 0.450. The molecular formula is C20H26N2O3. The molecular weight excluding hydrogens is 316 g/mol. The van der Waals surface area contributed by atoms with Crippen LogP contribution in [0.25, 0.3) is 11.3 Å². The minimum atomic E-state index is 0.0441. The molecule has 5 heteroatoms. The van der Waals surface area contributed by atoms with E-state index in [1.54, 1.807) is 6.92 Å². The number of nitrogens with zero attached hydrogens (tertiary/aromatic N) is 1. The van der Waals surface area contributed by atoms with E-state index >= 15 is 0 Å². The molecule has 134 valence electrons. The summed E-state index contributed by atoms with van der Waals surface area (Å²) < 4.78 is 11.5. The number of nitrogens with one attached hydrogen (secondary N) is 1. The Labute approximate surface area is 149 Å². The Hall–Kier alpha value is -2.27. The van der Waals surface area contributed by atoms with Crippen molar-refractivity contribution in [2.45, 2.75) is 39.3 Å². The Morgan fingerprint density at radius 2 is 2.08 bits per heavy atom. The van der Waals surface area contributed by atoms with E-state index in [1.807, 2.05) is 43.3 Å². The highest BCUT2D eigenvalue weighted by Crippen LogP contribution is 2.25. The van der Waals surface area contributed by atoms with Crippen molar-refractivity contribution in [3.05, 3.63) is 42.2 Å². The smallest absolute Gasteiger partial charge is 0.217 e. The van der Waals surface area contributed by atoms with Gasteiger partial charge in [0.25, 0.3) is 0 Å². The predicted octanol–water partition coefficient (Wildman–Crippen LogP) is 3.45. The summed E-state index contributed by atoms with van der Waals surface area (Å²) in [6, 6.07) is 12.2. The highest BCUT2D eigenvalue weighted by Gasteiger charge is 2.21. The van der Waals surface area contributed by atoms with E-state index in [2.05, 4.69) is 10.2 Å². The van der Waals surface area contributed by atoms with Crippen LogP contribution in [0.5, 0.6) is 5.75 Å². The van der Waals surface area contributed by atoms with Gasteiger partial charge in [-0.1, -0.05) is 0 Å². The van der Waals surface area contributed by atoms with Crippen molar-refractivity contribution in [1.82, 2.24) is 10.2 Å². The summed E-state index contributed by atoms with van der Waals surface area (Å²) in [5.41, 5.74) is 1.05. The number of benzene rings is 1. The molecule has 0 saturated carbocycles. The van der Waals surface area contributed by atoms with Crippen molar-refractivity contribution in [1.29, 1.82) is 0 Å². The SMILES string of the molecule is CCOc1ccc(-c2ccc(CN3CCC[C@H](NC(C)=O)C3)o2)cc1. The maximum Gasteiger partial charge on any atom is 0.217 e. The minimum absolute atomic E-state index is 0.0441. The first-order valence-corrected chi connectivity index (χ1v) is 8.95. The van der Waals surface area contributed by atoms with Crippen LogP contribution in [0, 0.1) is 0 Å². The third-order valence-corrected chi connectivity index (χ3v) is 4.40. The van der Waals surface area contributed by atoms with E-state index in [1.165, 1.54) is 0 Å². The number of piperidine rings is 1. The minimum Gasteiger partial charge on any atom is -0.494 e. The van der Waals surface area contributed by atoms with Crippen molar-refractivity contribution in [2.24, 2.45) is 0 Å². The van der Waals surface area contributed by atoms with Gasteiger partial charge in [-0.15, -0.1) is 0 Å². The summed E-state index contributed by atoms with van der Waals surface area (Å²) in [5, 5.41) is 3.02. The molecule has 0 aliphatic carbocycles. The van der Waals surface area contributed by atoms with E-state index in [9.17, 15) is 4.79 Å². The second kappa shape index (κ2) is 8.21. The first kappa shape index (κ1) is 17.5. The van der Waals surface area contributed by atoms with E-state index in [0.717, 1.165) is 55.3 Å². The summed E-state index contributed by atoms with van der Waals surface area (Å²) >= 11 is 0. The number of likely N-dealkylation sites (tertiary alicyclic amines) is 1. The Balaban J connectivity index is 1.60. The van der Waals surface area contributed by atoms with E-state index < -0.39 is 0 Å². The average molecular weight is 342 g/mol. The standard InChI is InChI=1S/C20H26N2O3/c1-3-24-18-8-6-16(7-9-18)20-11-10-19(25-20)14-22-12-4-5-17(13-22)21-15(2)23/h6-11,17H,3-5,12-14H2,1-2H3,(H,21,23)/t17-/m0/s1. The van der Waals surface area contributed by atoms with Gasteiger partial charge in [0.1, 0.15) is 17.3 Å². The summed E-state index contributed by atoms with van der Waals surface area (Å²) in [6.07, 6.45) is 2.14. The molecule has 1 aromatic carbocycles. The van der Waals surface area contributed by atoms with Crippen LogP contribution >= 0.6 is 0 Å². The van der Waals surface area contributed by atoms with Gasteiger partial charge in [0.2, 0.25) is 5.91 Å². The van der Waals surface area contributed by atoms with Gasteiger partial charge in [0.15, 0.2) is 0 Å². The van der Waals surface area contributed by atoms with Gasteiger partial charge in [0, 0.05) is 25.1 Å². The number of hydrogen-bond donors (Lipinski definition) is 1. The molecule has 0 spiro atoms. The zero-order valence-electron chi connectivity index (χ0n) is 15.0. The van der Waals surface area contributed by atoms with Gasteiger partial charge in [-0.2, -0.15) is 0 Å². The normalized spacial score (nSPS) is 18.1. The third kappa shape index (κ3) is 4.86. The molecule has 1 amide bonds. The maximum atomic E-state index is 11.2. The summed E-state index contributed by atoms with van der Waals surface area (Å²) in [6.45, 7) is 6.90. The number of ether oxygens (including phenoxy) is 1. The fourth-order valence-corrected chi connectivity index (χ4v) is 3.32. The number of amides is 1. The number of hydrogen-bond acceptors (Lipinski definition) is 4. The maximum absolute atomic E-state index is 11.2. The second-order valence-electron chi connectivity index (χ2n) is 6.50. The zero-order chi connectivity index (χ0) is 17.6. The van der Waals surface area contributed by atoms with Crippen LogP contribution in [-0.2, 0) is 11.3 Å². The molecule has 2 aromatic rings. The van der Waals surface area contributed by atoms with Crippen molar-refractivity contribution in [2.75, 3.05) is 19.7 Å². The molecule has 0 radical (unpaired) electrons. The molecule has 25 heavy (non-hydrogen) atoms. The van der Waals surface area contributed by atoms with Crippen LogP contribution in [0.1, 0.15) is 32.4 Å². The Morgan fingerprint density at radius 3 is 2.80 bits per heavy atom. The first-order chi connectivity index (χ1) is 12.1. The van der Waals surface area contributed by atoms with Gasteiger partial charge in [0.05, 0.1) is 13.2 Å². The van der Waals surface area contributed by atoms with E-state index in [0.29, 0.717) is 6.61 Å². The molecule has 1 saturated heterocycles. The lowest BCUT2D eigenvalue weighted by Gasteiger charge is -2.32. The third-order valence-electron chi connectivity index (χ3n) is 4.40. The van der Waals surface area contributed by atoms with Crippen molar-refractivity contribution >= 4 is 5.91 Å². The topological polar surface area (TPSA) is 54.7 Å². The Kier molecular flexibility index (Phi) is 5.76. The molecule has 2 heterocycles. The van der Waals surface area contributed by atoms with Crippen LogP contribution in [0.4, 0.5) is 0 Å². The number of carbonyl (C=O) groups excluding carboxylic acids is 1. The lowest BCUT2D eigenvalue weighted by atomic mass is 10.1. The van der Waals surface area contributed by atoms with Gasteiger partial charge in [-0.3, -0.25) is 9.69 Å². The molecule has 0 bridgehead atoms. The van der Waals surface area contributed by atoms with E-state index in [4.69, 9.17) is 9.15 Å². The van der Waals surface area contributed by atoms with Gasteiger partial charge >= 0.3 is 0 Å². The van der Waals surface area contributed by atoms with Crippen LogP contribution in [0.3, 0.4) is 0 Å². The quantitative estimate of drug-likeness (QED) is 0.874. The van der Waals surface area contributed by atoms with Crippen LogP contribution in [0.15, 0.2) is 40.8 Å². The first-order valence-electron chi connectivity index (χ1n) is 8.95. The Bertz CT molecular complexity index is 693.